The zero-order valence-electron chi connectivity index (χ0n) is 21.1. The maximum absolute atomic E-state index is 13.1. The number of amides is 2. The summed E-state index contributed by atoms with van der Waals surface area (Å²) in [5.41, 5.74) is 2.83. The molecule has 0 bridgehead atoms. The average Bonchev–Trinajstić information content (AvgIpc) is 2.89. The Hall–Kier alpha value is -3.72. The molecule has 2 aromatic rings. The van der Waals surface area contributed by atoms with Gasteiger partial charge in [-0.15, -0.1) is 0 Å². The Morgan fingerprint density at radius 3 is 2.39 bits per heavy atom. The van der Waals surface area contributed by atoms with Crippen LogP contribution >= 0.6 is 0 Å². The number of methoxy groups -OCH3 is 1. The SMILES string of the molecule is CCOC(=O)C1=C(CN2CCN(c3ccc(OC)cc3)CC2)NC(=O)N[C@H]1c1ccccc1OCC. The molecule has 0 unspecified atom stereocenters. The Labute approximate surface area is 212 Å². The van der Waals surface area contributed by atoms with E-state index in [9.17, 15) is 9.59 Å². The minimum atomic E-state index is -0.670. The molecule has 0 saturated carbocycles. The molecule has 1 fully saturated rings. The Morgan fingerprint density at radius 2 is 1.72 bits per heavy atom. The number of esters is 1. The molecule has 9 nitrogen and oxygen atoms in total. The molecule has 9 heteroatoms. The maximum Gasteiger partial charge on any atom is 0.338 e. The second-order valence-electron chi connectivity index (χ2n) is 8.58. The molecular weight excluding hydrogens is 460 g/mol. The van der Waals surface area contributed by atoms with Crippen molar-refractivity contribution < 1.29 is 23.8 Å². The number of carbonyl (C=O) groups is 2. The number of urea groups is 1. The van der Waals surface area contributed by atoms with Crippen LogP contribution in [0.3, 0.4) is 0 Å². The third-order valence-electron chi connectivity index (χ3n) is 6.37. The third kappa shape index (κ3) is 5.73. The lowest BCUT2D eigenvalue weighted by atomic mass is 9.94. The molecule has 2 heterocycles. The Morgan fingerprint density at radius 1 is 1.00 bits per heavy atom. The molecule has 0 spiro atoms. The van der Waals surface area contributed by atoms with Crippen LogP contribution in [0.4, 0.5) is 10.5 Å². The number of anilines is 1. The van der Waals surface area contributed by atoms with Crippen LogP contribution in [0, 0.1) is 0 Å². The monoisotopic (exact) mass is 494 g/mol. The van der Waals surface area contributed by atoms with Crippen molar-refractivity contribution >= 4 is 17.7 Å². The fourth-order valence-electron chi connectivity index (χ4n) is 4.61. The van der Waals surface area contributed by atoms with Gasteiger partial charge in [0.25, 0.3) is 0 Å². The average molecular weight is 495 g/mol. The van der Waals surface area contributed by atoms with Crippen LogP contribution in [0.2, 0.25) is 0 Å². The maximum atomic E-state index is 13.1. The Balaban J connectivity index is 1.56. The van der Waals surface area contributed by atoms with Crippen LogP contribution in [0.25, 0.3) is 0 Å². The lowest BCUT2D eigenvalue weighted by Gasteiger charge is -2.38. The number of piperazine rings is 1. The predicted octanol–water partition coefficient (Wildman–Crippen LogP) is 3.09. The quantitative estimate of drug-likeness (QED) is 0.518. The lowest BCUT2D eigenvalue weighted by Crippen LogP contribution is -2.51. The van der Waals surface area contributed by atoms with E-state index in [1.807, 2.05) is 43.3 Å². The van der Waals surface area contributed by atoms with Gasteiger partial charge in [-0.2, -0.15) is 0 Å². The second-order valence-corrected chi connectivity index (χ2v) is 8.58. The first-order chi connectivity index (χ1) is 17.5. The summed E-state index contributed by atoms with van der Waals surface area (Å²) in [5.74, 6) is 1.01. The van der Waals surface area contributed by atoms with Crippen LogP contribution < -0.4 is 25.0 Å². The second kappa shape index (κ2) is 11.8. The summed E-state index contributed by atoms with van der Waals surface area (Å²) < 4.78 is 16.5. The normalized spacial score (nSPS) is 18.4. The largest absolute Gasteiger partial charge is 0.497 e. The summed E-state index contributed by atoms with van der Waals surface area (Å²) >= 11 is 0. The van der Waals surface area contributed by atoms with Gasteiger partial charge in [-0.05, 0) is 44.2 Å². The highest BCUT2D eigenvalue weighted by Gasteiger charge is 2.36. The van der Waals surface area contributed by atoms with Crippen molar-refractivity contribution in [2.75, 3.05) is 57.9 Å². The van der Waals surface area contributed by atoms with Crippen molar-refractivity contribution in [3.05, 3.63) is 65.4 Å². The van der Waals surface area contributed by atoms with Gasteiger partial charge in [-0.25, -0.2) is 9.59 Å². The Bertz CT molecular complexity index is 1090. The van der Waals surface area contributed by atoms with Gasteiger partial charge in [-0.3, -0.25) is 4.90 Å². The number of rotatable bonds is 9. The van der Waals surface area contributed by atoms with E-state index in [2.05, 4.69) is 32.6 Å². The molecule has 0 aromatic heterocycles. The van der Waals surface area contributed by atoms with Crippen molar-refractivity contribution in [1.29, 1.82) is 0 Å². The first-order valence-electron chi connectivity index (χ1n) is 12.3. The van der Waals surface area contributed by atoms with Crippen LogP contribution in [-0.2, 0) is 9.53 Å². The molecule has 1 atom stereocenters. The van der Waals surface area contributed by atoms with E-state index in [0.29, 0.717) is 30.2 Å². The third-order valence-corrected chi connectivity index (χ3v) is 6.37. The highest BCUT2D eigenvalue weighted by atomic mass is 16.5. The summed E-state index contributed by atoms with van der Waals surface area (Å²) in [4.78, 5) is 30.4. The zero-order valence-corrected chi connectivity index (χ0v) is 21.1. The molecule has 2 aliphatic rings. The number of ether oxygens (including phenoxy) is 3. The van der Waals surface area contributed by atoms with Crippen molar-refractivity contribution in [3.63, 3.8) is 0 Å². The van der Waals surface area contributed by atoms with E-state index < -0.39 is 12.0 Å². The van der Waals surface area contributed by atoms with E-state index in [1.54, 1.807) is 14.0 Å². The van der Waals surface area contributed by atoms with Crippen LogP contribution in [0.1, 0.15) is 25.5 Å². The van der Waals surface area contributed by atoms with Gasteiger partial charge in [0, 0.05) is 49.7 Å². The topological polar surface area (TPSA) is 92.4 Å². The fraction of sp³-hybridized carbons (Fsp3) is 0.407. The van der Waals surface area contributed by atoms with Gasteiger partial charge in [0.15, 0.2) is 0 Å². The molecule has 192 valence electrons. The van der Waals surface area contributed by atoms with Crippen molar-refractivity contribution in [1.82, 2.24) is 15.5 Å². The number of carbonyl (C=O) groups excluding carboxylic acids is 2. The van der Waals surface area contributed by atoms with E-state index in [4.69, 9.17) is 14.2 Å². The molecule has 2 N–H and O–H groups in total. The Kier molecular flexibility index (Phi) is 8.32. The van der Waals surface area contributed by atoms with Crippen LogP contribution in [0.5, 0.6) is 11.5 Å². The number of hydrogen-bond donors (Lipinski definition) is 2. The van der Waals surface area contributed by atoms with Crippen molar-refractivity contribution in [2.45, 2.75) is 19.9 Å². The summed E-state index contributed by atoms with van der Waals surface area (Å²) in [6.07, 6.45) is 0. The van der Waals surface area contributed by atoms with Crippen molar-refractivity contribution in [2.24, 2.45) is 0 Å². The molecule has 0 aliphatic carbocycles. The molecule has 36 heavy (non-hydrogen) atoms. The lowest BCUT2D eigenvalue weighted by molar-refractivity contribution is -0.139. The predicted molar refractivity (Wildman–Crippen MR) is 137 cm³/mol. The number of nitrogens with zero attached hydrogens (tertiary/aromatic N) is 2. The summed E-state index contributed by atoms with van der Waals surface area (Å²) in [7, 11) is 1.66. The van der Waals surface area contributed by atoms with E-state index in [-0.39, 0.29) is 12.6 Å². The van der Waals surface area contributed by atoms with Gasteiger partial charge in [0.2, 0.25) is 0 Å². The first kappa shape index (κ1) is 25.4. The standard InChI is InChI=1S/C27H34N4O5/c1-4-35-23-9-7-6-8-21(23)25-24(26(32)36-5-2)22(28-27(33)29-25)18-30-14-16-31(17-15-30)19-10-12-20(34-3)13-11-19/h6-13,25H,4-5,14-18H2,1-3H3,(H2,28,29,33)/t25-/m0/s1. The van der Waals surface area contributed by atoms with Gasteiger partial charge in [0.05, 0.1) is 31.9 Å². The molecule has 1 saturated heterocycles. The van der Waals surface area contributed by atoms with Gasteiger partial charge >= 0.3 is 12.0 Å². The first-order valence-corrected chi connectivity index (χ1v) is 12.3. The minimum absolute atomic E-state index is 0.240. The van der Waals surface area contributed by atoms with E-state index in [0.717, 1.165) is 43.2 Å². The molecular formula is C27H34N4O5. The van der Waals surface area contributed by atoms with Gasteiger partial charge in [0.1, 0.15) is 11.5 Å². The van der Waals surface area contributed by atoms with E-state index >= 15 is 0 Å². The van der Waals surface area contributed by atoms with Crippen molar-refractivity contribution in [3.8, 4) is 11.5 Å². The summed E-state index contributed by atoms with van der Waals surface area (Å²) in [6, 6.07) is 14.5. The zero-order chi connectivity index (χ0) is 25.5. The van der Waals surface area contributed by atoms with Gasteiger partial charge < -0.3 is 29.7 Å². The van der Waals surface area contributed by atoms with E-state index in [1.165, 1.54) is 0 Å². The number of para-hydroxylation sites is 1. The molecule has 2 amide bonds. The smallest absolute Gasteiger partial charge is 0.338 e. The number of benzene rings is 2. The number of hydrogen-bond acceptors (Lipinski definition) is 7. The molecule has 2 aliphatic heterocycles. The molecule has 0 radical (unpaired) electrons. The summed E-state index contributed by atoms with van der Waals surface area (Å²) in [5, 5.41) is 5.78. The highest BCUT2D eigenvalue weighted by Crippen LogP contribution is 2.34. The van der Waals surface area contributed by atoms with Crippen LogP contribution in [0.15, 0.2) is 59.8 Å². The minimum Gasteiger partial charge on any atom is -0.497 e. The van der Waals surface area contributed by atoms with Gasteiger partial charge in [-0.1, -0.05) is 18.2 Å². The molecule has 4 rings (SSSR count). The summed E-state index contributed by atoms with van der Waals surface area (Å²) in [6.45, 7) is 8.05. The highest BCUT2D eigenvalue weighted by molar-refractivity contribution is 5.95. The molecule has 2 aromatic carbocycles. The fourth-order valence-corrected chi connectivity index (χ4v) is 4.61. The van der Waals surface area contributed by atoms with Crippen LogP contribution in [-0.4, -0.2) is 69.9 Å². The number of nitrogens with one attached hydrogen (secondary N) is 2.